The maximum absolute atomic E-state index is 15.0. The van der Waals surface area contributed by atoms with E-state index in [9.17, 15) is 8.60 Å². The predicted octanol–water partition coefficient (Wildman–Crippen LogP) is 6.12. The summed E-state index contributed by atoms with van der Waals surface area (Å²) in [6, 6.07) is 13.0. The normalized spacial score (nSPS) is 15.0. The van der Waals surface area contributed by atoms with E-state index in [1.165, 1.54) is 24.3 Å². The van der Waals surface area contributed by atoms with E-state index in [1.807, 2.05) is 0 Å². The predicted molar refractivity (Wildman–Crippen MR) is 160 cm³/mol. The summed E-state index contributed by atoms with van der Waals surface area (Å²) >= 11 is 5.76. The van der Waals surface area contributed by atoms with Crippen LogP contribution in [-0.4, -0.2) is 72.5 Å². The largest absolute Gasteiger partial charge is 0.493 e. The third-order valence-corrected chi connectivity index (χ3v) is 8.30. The highest BCUT2D eigenvalue weighted by Crippen LogP contribution is 2.38. The van der Waals surface area contributed by atoms with Crippen LogP contribution in [0.1, 0.15) is 6.42 Å². The molecule has 0 bridgehead atoms. The van der Waals surface area contributed by atoms with Crippen LogP contribution in [0.2, 0.25) is 5.02 Å². The van der Waals surface area contributed by atoms with Gasteiger partial charge >= 0.3 is 0 Å². The van der Waals surface area contributed by atoms with E-state index in [-0.39, 0.29) is 21.4 Å². The van der Waals surface area contributed by atoms with Crippen molar-refractivity contribution in [2.75, 3.05) is 58.2 Å². The van der Waals surface area contributed by atoms with E-state index in [4.69, 9.17) is 25.8 Å². The molecule has 4 aromatic rings. The van der Waals surface area contributed by atoms with E-state index >= 15 is 4.39 Å². The van der Waals surface area contributed by atoms with Gasteiger partial charge in [0.25, 0.3) is 0 Å². The van der Waals surface area contributed by atoms with Crippen LogP contribution in [0.15, 0.2) is 65.7 Å². The molecule has 1 atom stereocenters. The highest BCUT2D eigenvalue weighted by Gasteiger charge is 2.17. The lowest BCUT2D eigenvalue weighted by atomic mass is 10.1. The highest BCUT2D eigenvalue weighted by molar-refractivity contribution is 7.86. The molecule has 2 heterocycles. The lowest BCUT2D eigenvalue weighted by molar-refractivity contribution is 0.145. The van der Waals surface area contributed by atoms with E-state index in [0.717, 1.165) is 51.3 Å². The van der Waals surface area contributed by atoms with Crippen molar-refractivity contribution in [3.8, 4) is 23.0 Å². The molecule has 42 heavy (non-hydrogen) atoms. The molecule has 0 spiro atoms. The zero-order valence-corrected chi connectivity index (χ0v) is 24.8. The third kappa shape index (κ3) is 7.27. The van der Waals surface area contributed by atoms with Crippen LogP contribution in [0.3, 0.4) is 0 Å². The van der Waals surface area contributed by atoms with E-state index in [2.05, 4.69) is 26.6 Å². The van der Waals surface area contributed by atoms with Crippen molar-refractivity contribution >= 4 is 39.2 Å². The number of anilines is 1. The van der Waals surface area contributed by atoms with Gasteiger partial charge in [-0.05, 0) is 55.9 Å². The molecule has 12 heteroatoms. The van der Waals surface area contributed by atoms with Crippen LogP contribution < -0.4 is 18.9 Å². The molecule has 0 aliphatic carbocycles. The summed E-state index contributed by atoms with van der Waals surface area (Å²) in [4.78, 5) is 9.10. The van der Waals surface area contributed by atoms with E-state index in [1.54, 1.807) is 31.5 Å². The molecule has 0 radical (unpaired) electrons. The second-order valence-corrected chi connectivity index (χ2v) is 11.5. The fourth-order valence-electron chi connectivity index (χ4n) is 4.58. The molecule has 1 fully saturated rings. The van der Waals surface area contributed by atoms with Crippen molar-refractivity contribution in [1.29, 1.82) is 0 Å². The van der Waals surface area contributed by atoms with Crippen molar-refractivity contribution in [3.05, 3.63) is 77.5 Å². The third-order valence-electron chi connectivity index (χ3n) is 6.92. The van der Waals surface area contributed by atoms with Gasteiger partial charge in [-0.1, -0.05) is 11.6 Å². The number of nitrogens with zero attached hydrogens (tertiary/aromatic N) is 3. The summed E-state index contributed by atoms with van der Waals surface area (Å²) < 4.78 is 61.8. The van der Waals surface area contributed by atoms with Gasteiger partial charge in [-0.15, -0.1) is 0 Å². The minimum Gasteiger partial charge on any atom is -0.493 e. The maximum atomic E-state index is 15.0. The Morgan fingerprint density at radius 3 is 2.50 bits per heavy atom. The van der Waals surface area contributed by atoms with Gasteiger partial charge in [0.2, 0.25) is 0 Å². The van der Waals surface area contributed by atoms with Gasteiger partial charge in [0, 0.05) is 67.1 Å². The molecule has 1 aliphatic rings. The molecule has 222 valence electrons. The molecule has 1 aromatic heterocycles. The number of methoxy groups -OCH3 is 1. The number of halogens is 3. The van der Waals surface area contributed by atoms with Crippen LogP contribution in [0.25, 0.3) is 10.9 Å². The smallest absolute Gasteiger partial charge is 0.167 e. The van der Waals surface area contributed by atoms with E-state index < -0.39 is 22.6 Å². The minimum absolute atomic E-state index is 0.0558. The van der Waals surface area contributed by atoms with Crippen LogP contribution in [0, 0.1) is 11.6 Å². The number of hydrogen-bond acceptors (Lipinski definition) is 7. The number of likely N-dealkylation sites (N-methyl/N-ethyl adjacent to an activating group) is 1. The van der Waals surface area contributed by atoms with Crippen molar-refractivity contribution in [3.63, 3.8) is 0 Å². The number of hydrogen-bond donors (Lipinski definition) is 1. The molecule has 8 nitrogen and oxygen atoms in total. The molecule has 0 amide bonds. The number of nitrogens with one attached hydrogen (secondary N) is 1. The average molecular weight is 617 g/mol. The number of rotatable bonds is 11. The zero-order valence-electron chi connectivity index (χ0n) is 23.2. The van der Waals surface area contributed by atoms with Gasteiger partial charge in [-0.3, -0.25) is 4.98 Å². The second-order valence-electron chi connectivity index (χ2n) is 9.87. The number of fused-ring (bicyclic) bond motifs is 1. The number of piperazine rings is 1. The Morgan fingerprint density at radius 2 is 1.76 bits per heavy atom. The summed E-state index contributed by atoms with van der Waals surface area (Å²) in [6.07, 6.45) is 2.45. The highest BCUT2D eigenvalue weighted by atomic mass is 35.5. The van der Waals surface area contributed by atoms with Crippen molar-refractivity contribution in [2.24, 2.45) is 0 Å². The molecule has 1 unspecified atom stereocenters. The summed E-state index contributed by atoms with van der Waals surface area (Å²) in [5, 5.41) is 0.794. The minimum atomic E-state index is -1.97. The van der Waals surface area contributed by atoms with Crippen molar-refractivity contribution in [1.82, 2.24) is 14.8 Å². The summed E-state index contributed by atoms with van der Waals surface area (Å²) in [6.45, 7) is 5.77. The standard InChI is InChI=1S/C30H31ClF2N4O4S/c1-36-11-13-37(14-12-36)10-3-15-40-29-19-25-22(18-28(29)39-2)26(8-9-34-25)41-27-6-5-21(17-23(27)32)35-42(38)30-7-4-20(31)16-24(30)33/h4-9,16-19,35H,3,10-15H2,1-2H3. The van der Waals surface area contributed by atoms with Gasteiger partial charge in [-0.2, -0.15) is 0 Å². The van der Waals surface area contributed by atoms with Crippen molar-refractivity contribution < 1.29 is 27.2 Å². The quantitative estimate of drug-likeness (QED) is 0.204. The van der Waals surface area contributed by atoms with Crippen LogP contribution in [-0.2, 0) is 11.0 Å². The number of benzene rings is 3. The summed E-state index contributed by atoms with van der Waals surface area (Å²) in [5.74, 6) is -0.0403. The van der Waals surface area contributed by atoms with Gasteiger partial charge in [0.1, 0.15) is 11.6 Å². The molecule has 1 saturated heterocycles. The van der Waals surface area contributed by atoms with Crippen LogP contribution >= 0.6 is 11.6 Å². The first-order valence-corrected chi connectivity index (χ1v) is 14.9. The van der Waals surface area contributed by atoms with Crippen LogP contribution in [0.5, 0.6) is 23.0 Å². The Bertz CT molecular complexity index is 1590. The Balaban J connectivity index is 1.26. The first-order chi connectivity index (χ1) is 20.3. The van der Waals surface area contributed by atoms with Gasteiger partial charge in [0.05, 0.1) is 24.1 Å². The number of pyridine rings is 1. The Morgan fingerprint density at radius 1 is 0.952 bits per heavy atom. The number of ether oxygens (including phenoxy) is 3. The molecule has 5 rings (SSSR count). The Hall–Kier alpha value is -3.51. The van der Waals surface area contributed by atoms with Gasteiger partial charge < -0.3 is 28.7 Å². The topological polar surface area (TPSA) is 76.2 Å². The molecule has 0 saturated carbocycles. The SMILES string of the molecule is COc1cc2c(Oc3ccc(NS(=O)c4ccc(Cl)cc4F)cc3F)ccnc2cc1OCCCN1CCN(C)CC1. The molecule has 1 aliphatic heterocycles. The average Bonchev–Trinajstić information content (AvgIpc) is 2.97. The first-order valence-electron chi connectivity index (χ1n) is 13.4. The lowest BCUT2D eigenvalue weighted by Crippen LogP contribution is -2.44. The fraction of sp³-hybridized carbons (Fsp3) is 0.300. The monoisotopic (exact) mass is 616 g/mol. The first kappa shape index (κ1) is 30.0. The van der Waals surface area contributed by atoms with Gasteiger partial charge in [-0.25, -0.2) is 13.0 Å². The lowest BCUT2D eigenvalue weighted by Gasteiger charge is -2.32. The van der Waals surface area contributed by atoms with Crippen LogP contribution in [0.4, 0.5) is 14.5 Å². The molecule has 1 N–H and O–H groups in total. The maximum Gasteiger partial charge on any atom is 0.167 e. The summed E-state index contributed by atoms with van der Waals surface area (Å²) in [5.41, 5.74) is 0.782. The fourth-order valence-corrected chi connectivity index (χ4v) is 5.62. The Kier molecular flexibility index (Phi) is 9.73. The Labute approximate surface area is 250 Å². The van der Waals surface area contributed by atoms with Gasteiger partial charge in [0.15, 0.2) is 34.1 Å². The molecular weight excluding hydrogens is 586 g/mol. The zero-order chi connectivity index (χ0) is 29.6. The number of aromatic nitrogens is 1. The van der Waals surface area contributed by atoms with E-state index in [0.29, 0.717) is 34.8 Å². The summed E-state index contributed by atoms with van der Waals surface area (Å²) in [7, 11) is 1.73. The molecular formula is C30H31ClF2N4O4S. The molecule has 3 aromatic carbocycles. The second kappa shape index (κ2) is 13.6. The van der Waals surface area contributed by atoms with Crippen molar-refractivity contribution in [2.45, 2.75) is 11.3 Å².